The smallest absolute Gasteiger partial charge is 0.202 e. The number of fused-ring (bicyclic) bond motifs is 4. The van der Waals surface area contributed by atoms with Crippen molar-refractivity contribution in [3.05, 3.63) is 75.8 Å². The summed E-state index contributed by atoms with van der Waals surface area (Å²) in [4.78, 5) is 38.6. The fourth-order valence-corrected chi connectivity index (χ4v) is 4.84. The van der Waals surface area contributed by atoms with E-state index in [1.807, 2.05) is 0 Å². The zero-order chi connectivity index (χ0) is 25.4. The predicted octanol–water partition coefficient (Wildman–Crippen LogP) is 5.90. The number of aromatic hydroxyl groups is 2. The number of unbranched alkanes of at least 4 members (excludes halogenated alkanes) is 5. The molecule has 3 aromatic rings. The third kappa shape index (κ3) is 3.90. The van der Waals surface area contributed by atoms with Crippen LogP contribution < -0.4 is 10.1 Å². The number of hydrogen-bond donors (Lipinski definition) is 3. The summed E-state index contributed by atoms with van der Waals surface area (Å²) in [6.45, 7) is 2.74. The van der Waals surface area contributed by atoms with Gasteiger partial charge < -0.3 is 20.3 Å². The van der Waals surface area contributed by atoms with Crippen LogP contribution in [0.4, 0.5) is 11.4 Å². The van der Waals surface area contributed by atoms with Gasteiger partial charge in [0, 0.05) is 16.8 Å². The van der Waals surface area contributed by atoms with Gasteiger partial charge in [0.05, 0.1) is 34.5 Å². The Balaban J connectivity index is 1.35. The van der Waals surface area contributed by atoms with Gasteiger partial charge in [0.15, 0.2) is 11.6 Å². The molecule has 0 heterocycles. The zero-order valence-electron chi connectivity index (χ0n) is 20.0. The van der Waals surface area contributed by atoms with Crippen molar-refractivity contribution in [2.45, 2.75) is 45.4 Å². The fourth-order valence-electron chi connectivity index (χ4n) is 4.84. The molecule has 3 aliphatic carbocycles. The van der Waals surface area contributed by atoms with Crippen molar-refractivity contribution in [2.75, 3.05) is 11.9 Å². The van der Waals surface area contributed by atoms with Gasteiger partial charge in [-0.3, -0.25) is 14.4 Å². The maximum absolute atomic E-state index is 13.1. The summed E-state index contributed by atoms with van der Waals surface area (Å²) in [6, 6.07) is 10.5. The lowest BCUT2D eigenvalue weighted by Gasteiger charge is -2.26. The lowest BCUT2D eigenvalue weighted by Crippen LogP contribution is -2.22. The largest absolute Gasteiger partial charge is 0.507 e. The highest BCUT2D eigenvalue weighted by molar-refractivity contribution is 6.30. The number of ether oxygens (including phenoxy) is 1. The van der Waals surface area contributed by atoms with Crippen LogP contribution in [0.5, 0.6) is 17.2 Å². The average Bonchev–Trinajstić information content (AvgIpc) is 2.87. The molecular weight excluding hydrogens is 458 g/mol. The molecule has 3 aliphatic rings. The Bertz CT molecular complexity index is 1410. The molecule has 0 spiro atoms. The molecule has 7 heteroatoms. The molecule has 7 nitrogen and oxygen atoms in total. The van der Waals surface area contributed by atoms with Gasteiger partial charge in [-0.25, -0.2) is 0 Å². The van der Waals surface area contributed by atoms with E-state index in [9.17, 15) is 24.6 Å². The van der Waals surface area contributed by atoms with Crippen molar-refractivity contribution in [3.8, 4) is 17.2 Å². The van der Waals surface area contributed by atoms with Crippen molar-refractivity contribution in [3.63, 3.8) is 0 Å². The molecule has 0 unspecified atom stereocenters. The number of benzene rings is 3. The number of anilines is 2. The summed E-state index contributed by atoms with van der Waals surface area (Å²) < 4.78 is 5.93. The van der Waals surface area contributed by atoms with E-state index in [1.165, 1.54) is 49.9 Å². The number of phenols is 2. The summed E-state index contributed by atoms with van der Waals surface area (Å²) in [6.07, 6.45) is 6.88. The number of nitrogens with one attached hydrogen (secondary N) is 1. The minimum absolute atomic E-state index is 0.0866. The van der Waals surface area contributed by atoms with Gasteiger partial charge in [-0.2, -0.15) is 0 Å². The van der Waals surface area contributed by atoms with Gasteiger partial charge in [0.1, 0.15) is 17.2 Å². The molecule has 0 saturated heterocycles. The van der Waals surface area contributed by atoms with Gasteiger partial charge in [0.25, 0.3) is 0 Å². The molecule has 0 aromatic heterocycles. The second kappa shape index (κ2) is 9.49. The third-order valence-electron chi connectivity index (χ3n) is 6.78. The molecule has 0 amide bonds. The van der Waals surface area contributed by atoms with Crippen molar-refractivity contribution in [2.24, 2.45) is 0 Å². The Morgan fingerprint density at radius 3 is 2.00 bits per heavy atom. The second-order valence-electron chi connectivity index (χ2n) is 9.21. The standard InChI is InChI=1S/C29H27NO6/c1-2-3-4-5-6-7-14-36-29-18-10-11-20(23(29)27(18)34)30-16-8-9-17-19(15-16)28(35)25-22(32)13-12-21(31)24(25)26(17)33/h8-13,15,30-32H,2-7,14H2,1H3. The van der Waals surface area contributed by atoms with E-state index < -0.39 is 11.6 Å². The first-order valence-electron chi connectivity index (χ1n) is 12.3. The van der Waals surface area contributed by atoms with Gasteiger partial charge in [0.2, 0.25) is 5.78 Å². The maximum Gasteiger partial charge on any atom is 0.202 e. The molecule has 0 atom stereocenters. The highest BCUT2D eigenvalue weighted by atomic mass is 16.5. The van der Waals surface area contributed by atoms with Crippen molar-refractivity contribution in [1.82, 2.24) is 0 Å². The van der Waals surface area contributed by atoms with Crippen LogP contribution in [-0.4, -0.2) is 34.2 Å². The molecule has 0 radical (unpaired) electrons. The van der Waals surface area contributed by atoms with E-state index in [0.29, 0.717) is 34.9 Å². The summed E-state index contributed by atoms with van der Waals surface area (Å²) in [5.41, 5.74) is 1.95. The zero-order valence-corrected chi connectivity index (χ0v) is 20.0. The maximum atomic E-state index is 13.1. The van der Waals surface area contributed by atoms with Gasteiger partial charge >= 0.3 is 0 Å². The lowest BCUT2D eigenvalue weighted by atomic mass is 9.82. The van der Waals surface area contributed by atoms with Crippen molar-refractivity contribution >= 4 is 28.7 Å². The van der Waals surface area contributed by atoms with Gasteiger partial charge in [-0.15, -0.1) is 0 Å². The lowest BCUT2D eigenvalue weighted by molar-refractivity contribution is 0.0974. The highest BCUT2D eigenvalue weighted by Gasteiger charge is 2.36. The fraction of sp³-hybridized carbons (Fsp3) is 0.276. The Hall–Kier alpha value is -4.13. The molecule has 2 bridgehead atoms. The van der Waals surface area contributed by atoms with Crippen LogP contribution in [0.15, 0.2) is 42.5 Å². The van der Waals surface area contributed by atoms with Crippen LogP contribution in [-0.2, 0) is 0 Å². The van der Waals surface area contributed by atoms with Crippen LogP contribution in [0.2, 0.25) is 0 Å². The second-order valence-corrected chi connectivity index (χ2v) is 9.21. The van der Waals surface area contributed by atoms with Crippen LogP contribution in [0.3, 0.4) is 0 Å². The molecule has 184 valence electrons. The highest BCUT2D eigenvalue weighted by Crippen LogP contribution is 2.44. The quantitative estimate of drug-likeness (QED) is 0.167. The summed E-state index contributed by atoms with van der Waals surface area (Å²) in [5.74, 6) is -1.30. The summed E-state index contributed by atoms with van der Waals surface area (Å²) in [5, 5.41) is 23.5. The number of carbonyl (C=O) groups excluding carboxylic acids is 3. The first kappa shape index (κ1) is 23.6. The van der Waals surface area contributed by atoms with Crippen LogP contribution in [0, 0.1) is 0 Å². The first-order chi connectivity index (χ1) is 17.4. The van der Waals surface area contributed by atoms with Gasteiger partial charge in [-0.05, 0) is 48.9 Å². The minimum Gasteiger partial charge on any atom is -0.507 e. The van der Waals surface area contributed by atoms with Crippen LogP contribution in [0.1, 0.15) is 93.2 Å². The molecule has 0 aliphatic heterocycles. The number of carbonyl (C=O) groups is 3. The van der Waals surface area contributed by atoms with E-state index in [-0.39, 0.29) is 39.5 Å². The molecule has 6 rings (SSSR count). The Morgan fingerprint density at radius 1 is 0.694 bits per heavy atom. The number of ketones is 3. The number of rotatable bonds is 10. The predicted molar refractivity (Wildman–Crippen MR) is 135 cm³/mol. The normalized spacial score (nSPS) is 13.2. The van der Waals surface area contributed by atoms with E-state index in [0.717, 1.165) is 12.8 Å². The van der Waals surface area contributed by atoms with E-state index >= 15 is 0 Å². The van der Waals surface area contributed by atoms with Crippen LogP contribution in [0.25, 0.3) is 0 Å². The Morgan fingerprint density at radius 2 is 1.31 bits per heavy atom. The Labute approximate surface area is 208 Å². The van der Waals surface area contributed by atoms with E-state index in [4.69, 9.17) is 4.74 Å². The molecule has 0 fully saturated rings. The van der Waals surface area contributed by atoms with E-state index in [1.54, 1.807) is 18.2 Å². The molecule has 0 saturated carbocycles. The molecule has 3 aromatic carbocycles. The topological polar surface area (TPSA) is 113 Å². The number of phenolic OH excluding ortho intramolecular Hbond substituents is 2. The van der Waals surface area contributed by atoms with Crippen molar-refractivity contribution in [1.29, 1.82) is 0 Å². The van der Waals surface area contributed by atoms with Crippen molar-refractivity contribution < 1.29 is 29.3 Å². The first-order valence-corrected chi connectivity index (χ1v) is 12.3. The Kier molecular flexibility index (Phi) is 6.22. The van der Waals surface area contributed by atoms with Gasteiger partial charge in [-0.1, -0.05) is 39.0 Å². The molecule has 36 heavy (non-hydrogen) atoms. The summed E-state index contributed by atoms with van der Waals surface area (Å²) in [7, 11) is 0. The monoisotopic (exact) mass is 485 g/mol. The number of hydrogen-bond acceptors (Lipinski definition) is 7. The third-order valence-corrected chi connectivity index (χ3v) is 6.78. The average molecular weight is 486 g/mol. The minimum atomic E-state index is -0.557. The van der Waals surface area contributed by atoms with E-state index in [2.05, 4.69) is 12.2 Å². The molecular formula is C29H27NO6. The summed E-state index contributed by atoms with van der Waals surface area (Å²) >= 11 is 0. The van der Waals surface area contributed by atoms with Crippen LogP contribution >= 0.6 is 0 Å². The SMILES string of the molecule is CCCCCCCCOc1c2ccc(Nc3ccc4c(c3)C(=O)c3c(O)ccc(O)c3C4=O)c1C2=O. The molecule has 3 N–H and O–H groups in total.